The predicted octanol–water partition coefficient (Wildman–Crippen LogP) is 2.39. The van der Waals surface area contributed by atoms with Crippen LogP contribution in [0.1, 0.15) is 30.8 Å². The normalized spacial score (nSPS) is 10.9. The Labute approximate surface area is 94.2 Å². The number of amides is 1. The van der Waals surface area contributed by atoms with Crippen LogP contribution in [0.5, 0.6) is 0 Å². The Morgan fingerprint density at radius 1 is 1.50 bits per heavy atom. The lowest BCUT2D eigenvalue weighted by Crippen LogP contribution is -2.26. The number of carbonyl (C=O) groups excluding carboxylic acids is 1. The number of carbonyl (C=O) groups is 1. The van der Waals surface area contributed by atoms with Crippen LogP contribution in [0.25, 0.3) is 11.1 Å². The zero-order valence-electron chi connectivity index (χ0n) is 9.62. The highest BCUT2D eigenvalue weighted by atomic mass is 16.3. The molecule has 2 aromatic heterocycles. The average molecular weight is 220 g/mol. The van der Waals surface area contributed by atoms with Gasteiger partial charge in [0.1, 0.15) is 5.69 Å². The largest absolute Gasteiger partial charge is 0.463 e. The fourth-order valence-corrected chi connectivity index (χ4v) is 1.83. The van der Waals surface area contributed by atoms with E-state index in [9.17, 15) is 4.79 Å². The van der Waals surface area contributed by atoms with Crippen LogP contribution in [0.3, 0.4) is 0 Å². The third-order valence-electron chi connectivity index (χ3n) is 2.61. The van der Waals surface area contributed by atoms with Gasteiger partial charge in [-0.3, -0.25) is 4.79 Å². The zero-order valence-corrected chi connectivity index (χ0v) is 9.62. The Balaban J connectivity index is 2.35. The van der Waals surface area contributed by atoms with Crippen LogP contribution < -0.4 is 5.32 Å². The van der Waals surface area contributed by atoms with Crippen LogP contribution in [0.4, 0.5) is 0 Å². The number of nitrogens with one attached hydrogen (secondary N) is 1. The quantitative estimate of drug-likeness (QED) is 0.860. The van der Waals surface area contributed by atoms with Gasteiger partial charge in [-0.2, -0.15) is 0 Å². The summed E-state index contributed by atoms with van der Waals surface area (Å²) in [5.41, 5.74) is 2.41. The Kier molecular flexibility index (Phi) is 2.99. The molecule has 4 heteroatoms. The van der Waals surface area contributed by atoms with Gasteiger partial charge in [0.05, 0.1) is 11.8 Å². The molecule has 1 N–H and O–H groups in total. The Hall–Kier alpha value is -1.71. The standard InChI is InChI=1S/C12H16N2O2/c1-3-6-13-12(15)10-8-11-9(5-7-16-11)14(10)4-2/h5,7-8H,3-4,6H2,1-2H3,(H,13,15). The van der Waals surface area contributed by atoms with Gasteiger partial charge < -0.3 is 14.3 Å². The Morgan fingerprint density at radius 2 is 2.31 bits per heavy atom. The second-order valence-electron chi connectivity index (χ2n) is 3.70. The molecule has 0 aromatic carbocycles. The molecule has 2 aromatic rings. The highest BCUT2D eigenvalue weighted by molar-refractivity contribution is 5.97. The first kappa shape index (κ1) is 10.8. The molecule has 86 valence electrons. The summed E-state index contributed by atoms with van der Waals surface area (Å²) in [5.74, 6) is -0.0323. The van der Waals surface area contributed by atoms with E-state index in [0.717, 1.165) is 24.1 Å². The molecule has 0 unspecified atom stereocenters. The smallest absolute Gasteiger partial charge is 0.268 e. The maximum atomic E-state index is 11.9. The van der Waals surface area contributed by atoms with E-state index >= 15 is 0 Å². The van der Waals surface area contributed by atoms with Crippen molar-refractivity contribution in [3.63, 3.8) is 0 Å². The molecule has 0 aliphatic rings. The molecule has 0 saturated carbocycles. The van der Waals surface area contributed by atoms with Crippen molar-refractivity contribution < 1.29 is 9.21 Å². The van der Waals surface area contributed by atoms with Gasteiger partial charge in [-0.1, -0.05) is 6.92 Å². The first-order valence-corrected chi connectivity index (χ1v) is 5.62. The minimum Gasteiger partial charge on any atom is -0.463 e. The molecule has 4 nitrogen and oxygen atoms in total. The van der Waals surface area contributed by atoms with Crippen molar-refractivity contribution in [2.75, 3.05) is 6.54 Å². The van der Waals surface area contributed by atoms with Crippen molar-refractivity contribution in [3.8, 4) is 0 Å². The summed E-state index contributed by atoms with van der Waals surface area (Å²) in [4.78, 5) is 11.9. The van der Waals surface area contributed by atoms with Gasteiger partial charge in [-0.05, 0) is 13.3 Å². The summed E-state index contributed by atoms with van der Waals surface area (Å²) in [6.07, 6.45) is 2.58. The van der Waals surface area contributed by atoms with Crippen LogP contribution in [0.15, 0.2) is 22.8 Å². The number of furan rings is 1. The number of hydrogen-bond acceptors (Lipinski definition) is 2. The Bertz CT molecular complexity index is 496. The first-order valence-electron chi connectivity index (χ1n) is 5.62. The number of hydrogen-bond donors (Lipinski definition) is 1. The van der Waals surface area contributed by atoms with E-state index in [4.69, 9.17) is 4.42 Å². The maximum Gasteiger partial charge on any atom is 0.268 e. The van der Waals surface area contributed by atoms with E-state index in [1.807, 2.05) is 24.5 Å². The monoisotopic (exact) mass is 220 g/mol. The summed E-state index contributed by atoms with van der Waals surface area (Å²) in [6.45, 7) is 5.51. The van der Waals surface area contributed by atoms with E-state index in [1.165, 1.54) is 0 Å². The number of fused-ring (bicyclic) bond motifs is 1. The number of nitrogens with zero attached hydrogens (tertiary/aromatic N) is 1. The van der Waals surface area contributed by atoms with Crippen LogP contribution in [0, 0.1) is 0 Å². The van der Waals surface area contributed by atoms with E-state index in [-0.39, 0.29) is 5.91 Å². The topological polar surface area (TPSA) is 47.2 Å². The van der Waals surface area contributed by atoms with Crippen molar-refractivity contribution in [2.24, 2.45) is 0 Å². The van der Waals surface area contributed by atoms with E-state index < -0.39 is 0 Å². The van der Waals surface area contributed by atoms with Crippen LogP contribution >= 0.6 is 0 Å². The summed E-state index contributed by atoms with van der Waals surface area (Å²) < 4.78 is 7.26. The molecule has 2 rings (SSSR count). The molecule has 0 fully saturated rings. The zero-order chi connectivity index (χ0) is 11.5. The molecule has 0 aliphatic heterocycles. The molecule has 0 bridgehead atoms. The molecule has 0 atom stereocenters. The highest BCUT2D eigenvalue weighted by Crippen LogP contribution is 2.20. The average Bonchev–Trinajstić information content (AvgIpc) is 2.84. The molecule has 0 aliphatic carbocycles. The molecule has 2 heterocycles. The summed E-state index contributed by atoms with van der Waals surface area (Å²) in [5, 5.41) is 2.87. The molecular formula is C12H16N2O2. The maximum absolute atomic E-state index is 11.9. The Morgan fingerprint density at radius 3 is 3.00 bits per heavy atom. The van der Waals surface area contributed by atoms with E-state index in [0.29, 0.717) is 12.2 Å². The van der Waals surface area contributed by atoms with E-state index in [1.54, 1.807) is 12.3 Å². The minimum absolute atomic E-state index is 0.0323. The molecule has 0 saturated heterocycles. The lowest BCUT2D eigenvalue weighted by Gasteiger charge is -2.07. The van der Waals surface area contributed by atoms with Crippen molar-refractivity contribution >= 4 is 17.0 Å². The van der Waals surface area contributed by atoms with Gasteiger partial charge in [0, 0.05) is 25.2 Å². The van der Waals surface area contributed by atoms with Crippen molar-refractivity contribution in [3.05, 3.63) is 24.1 Å². The fourth-order valence-electron chi connectivity index (χ4n) is 1.83. The lowest BCUT2D eigenvalue weighted by atomic mass is 10.3. The highest BCUT2D eigenvalue weighted by Gasteiger charge is 2.15. The van der Waals surface area contributed by atoms with Crippen molar-refractivity contribution in [1.29, 1.82) is 0 Å². The third kappa shape index (κ3) is 1.71. The molecule has 16 heavy (non-hydrogen) atoms. The van der Waals surface area contributed by atoms with Gasteiger partial charge in [0.25, 0.3) is 5.91 Å². The van der Waals surface area contributed by atoms with Gasteiger partial charge in [-0.25, -0.2) is 0 Å². The third-order valence-corrected chi connectivity index (χ3v) is 2.61. The molecule has 1 amide bonds. The van der Waals surface area contributed by atoms with Crippen molar-refractivity contribution in [1.82, 2.24) is 9.88 Å². The van der Waals surface area contributed by atoms with Crippen LogP contribution in [-0.2, 0) is 6.54 Å². The lowest BCUT2D eigenvalue weighted by molar-refractivity contribution is 0.0945. The predicted molar refractivity (Wildman–Crippen MR) is 62.5 cm³/mol. The number of aromatic nitrogens is 1. The molecule has 0 radical (unpaired) electrons. The summed E-state index contributed by atoms with van der Waals surface area (Å²) >= 11 is 0. The van der Waals surface area contributed by atoms with Gasteiger partial charge in [0.15, 0.2) is 5.58 Å². The molecular weight excluding hydrogens is 204 g/mol. The van der Waals surface area contributed by atoms with E-state index in [2.05, 4.69) is 5.32 Å². The van der Waals surface area contributed by atoms with Crippen molar-refractivity contribution in [2.45, 2.75) is 26.8 Å². The summed E-state index contributed by atoms with van der Waals surface area (Å²) in [6, 6.07) is 3.68. The van der Waals surface area contributed by atoms with Gasteiger partial charge >= 0.3 is 0 Å². The van der Waals surface area contributed by atoms with Crippen LogP contribution in [0.2, 0.25) is 0 Å². The number of rotatable bonds is 4. The first-order chi connectivity index (χ1) is 7.77. The van der Waals surface area contributed by atoms with Gasteiger partial charge in [0.2, 0.25) is 0 Å². The second kappa shape index (κ2) is 4.43. The second-order valence-corrected chi connectivity index (χ2v) is 3.70. The fraction of sp³-hybridized carbons (Fsp3) is 0.417. The SMILES string of the molecule is CCCNC(=O)c1cc2occc2n1CC. The molecule has 0 spiro atoms. The summed E-state index contributed by atoms with van der Waals surface area (Å²) in [7, 11) is 0. The minimum atomic E-state index is -0.0323. The van der Waals surface area contributed by atoms with Crippen LogP contribution in [-0.4, -0.2) is 17.0 Å². The van der Waals surface area contributed by atoms with Gasteiger partial charge in [-0.15, -0.1) is 0 Å². The number of aryl methyl sites for hydroxylation is 1.